The number of hydrogen-bond donors (Lipinski definition) is 1. The van der Waals surface area contributed by atoms with Gasteiger partial charge in [0.05, 0.1) is 16.3 Å². The summed E-state index contributed by atoms with van der Waals surface area (Å²) in [6.45, 7) is 5.95. The van der Waals surface area contributed by atoms with Crippen LogP contribution in [0.1, 0.15) is 28.4 Å². The third-order valence-electron chi connectivity index (χ3n) is 4.33. The second-order valence-corrected chi connectivity index (χ2v) is 9.09. The highest BCUT2D eigenvalue weighted by atomic mass is 35.5. The van der Waals surface area contributed by atoms with Crippen LogP contribution in [0.25, 0.3) is 15.9 Å². The van der Waals surface area contributed by atoms with Crippen molar-refractivity contribution in [3.63, 3.8) is 0 Å². The maximum Gasteiger partial charge on any atom is 0.259 e. The Balaban J connectivity index is 1.68. The summed E-state index contributed by atoms with van der Waals surface area (Å²) in [5.41, 5.74) is 1.78. The van der Waals surface area contributed by atoms with Crippen LogP contribution < -0.4 is 5.56 Å². The molecule has 0 spiro atoms. The zero-order valence-corrected chi connectivity index (χ0v) is 17.2. The quantitative estimate of drug-likeness (QED) is 0.487. The van der Waals surface area contributed by atoms with Gasteiger partial charge in [0, 0.05) is 9.90 Å². The third kappa shape index (κ3) is 3.40. The highest BCUT2D eigenvalue weighted by Gasteiger charge is 2.18. The minimum absolute atomic E-state index is 0.0967. The molecule has 3 aromatic heterocycles. The molecule has 3 heterocycles. The molecule has 27 heavy (non-hydrogen) atoms. The van der Waals surface area contributed by atoms with Gasteiger partial charge in [-0.2, -0.15) is 0 Å². The molecule has 4 rings (SSSR count). The van der Waals surface area contributed by atoms with E-state index in [1.54, 1.807) is 17.7 Å². The lowest BCUT2D eigenvalue weighted by molar-refractivity contribution is 0.861. The molecule has 0 saturated heterocycles. The summed E-state index contributed by atoms with van der Waals surface area (Å²) in [4.78, 5) is 22.0. The molecule has 0 saturated carbocycles. The fourth-order valence-electron chi connectivity index (χ4n) is 2.79. The van der Waals surface area contributed by atoms with E-state index < -0.39 is 0 Å². The van der Waals surface area contributed by atoms with Crippen molar-refractivity contribution in [2.75, 3.05) is 0 Å². The smallest absolute Gasteiger partial charge is 0.259 e. The third-order valence-corrected chi connectivity index (χ3v) is 6.73. The predicted molar refractivity (Wildman–Crippen MR) is 110 cm³/mol. The van der Waals surface area contributed by atoms with Crippen molar-refractivity contribution in [2.45, 2.75) is 31.2 Å². The van der Waals surface area contributed by atoms with E-state index in [4.69, 9.17) is 11.6 Å². The molecule has 1 unspecified atom stereocenters. The van der Waals surface area contributed by atoms with Crippen LogP contribution in [-0.4, -0.2) is 24.7 Å². The first-order valence-electron chi connectivity index (χ1n) is 8.26. The lowest BCUT2D eigenvalue weighted by Crippen LogP contribution is -2.12. The minimum Gasteiger partial charge on any atom is -0.309 e. The van der Waals surface area contributed by atoms with Gasteiger partial charge in [-0.05, 0) is 44.5 Å². The highest BCUT2D eigenvalue weighted by molar-refractivity contribution is 7.99. The molecule has 0 bridgehead atoms. The fourth-order valence-corrected chi connectivity index (χ4v) is 4.91. The molecule has 1 aromatic carbocycles. The molecule has 138 valence electrons. The van der Waals surface area contributed by atoms with Crippen LogP contribution in [0.15, 0.2) is 40.5 Å². The molecule has 9 heteroatoms. The number of aryl methyl sites for hydroxylation is 2. The van der Waals surface area contributed by atoms with Crippen LogP contribution in [0.4, 0.5) is 0 Å². The Kier molecular flexibility index (Phi) is 4.79. The summed E-state index contributed by atoms with van der Waals surface area (Å²) in [7, 11) is 0. The SMILES string of the molecule is Cc1sc2nc(C(C)Sc3nncn3-c3cccc(Cl)c3)[nH]c(=O)c2c1C. The molecular formula is C18H16ClN5OS2. The first-order valence-corrected chi connectivity index (χ1v) is 10.3. The van der Waals surface area contributed by atoms with Crippen molar-refractivity contribution in [1.82, 2.24) is 24.7 Å². The maximum atomic E-state index is 12.5. The largest absolute Gasteiger partial charge is 0.309 e. The molecule has 0 fully saturated rings. The van der Waals surface area contributed by atoms with E-state index in [2.05, 4.69) is 20.2 Å². The van der Waals surface area contributed by atoms with Crippen LogP contribution in [0.5, 0.6) is 0 Å². The number of aromatic nitrogens is 5. The van der Waals surface area contributed by atoms with Crippen LogP contribution in [0, 0.1) is 13.8 Å². The highest BCUT2D eigenvalue weighted by Crippen LogP contribution is 2.34. The molecule has 0 amide bonds. The van der Waals surface area contributed by atoms with E-state index in [9.17, 15) is 4.79 Å². The summed E-state index contributed by atoms with van der Waals surface area (Å²) in [6, 6.07) is 7.49. The number of benzene rings is 1. The van der Waals surface area contributed by atoms with Crippen LogP contribution in [-0.2, 0) is 0 Å². The number of fused-ring (bicyclic) bond motifs is 1. The summed E-state index contributed by atoms with van der Waals surface area (Å²) in [5.74, 6) is 0.624. The Bertz CT molecular complexity index is 1200. The second-order valence-electron chi connectivity index (χ2n) is 6.14. The molecule has 6 nitrogen and oxygen atoms in total. The Morgan fingerprint density at radius 3 is 2.93 bits per heavy atom. The summed E-state index contributed by atoms with van der Waals surface area (Å²) in [5, 5.41) is 10.1. The first kappa shape index (κ1) is 18.2. The van der Waals surface area contributed by atoms with Gasteiger partial charge in [0.15, 0.2) is 5.16 Å². The van der Waals surface area contributed by atoms with Gasteiger partial charge in [-0.15, -0.1) is 21.5 Å². The molecule has 0 aliphatic rings. The van der Waals surface area contributed by atoms with E-state index in [0.29, 0.717) is 21.4 Å². The van der Waals surface area contributed by atoms with Gasteiger partial charge in [0.2, 0.25) is 0 Å². The predicted octanol–water partition coefficient (Wildman–Crippen LogP) is 4.69. The second kappa shape index (κ2) is 7.10. The molecular weight excluding hydrogens is 402 g/mol. The average molecular weight is 418 g/mol. The van der Waals surface area contributed by atoms with Crippen molar-refractivity contribution in [1.29, 1.82) is 0 Å². The van der Waals surface area contributed by atoms with Crippen molar-refractivity contribution in [3.8, 4) is 5.69 Å². The zero-order valence-electron chi connectivity index (χ0n) is 14.9. The standard InChI is InChI=1S/C18H16ClN5OS2/c1-9-10(2)26-17-14(9)16(25)21-15(22-17)11(3)27-18-23-20-8-24(18)13-6-4-5-12(19)7-13/h4-8,11H,1-3H3,(H,21,22,25). The van der Waals surface area contributed by atoms with Gasteiger partial charge < -0.3 is 4.98 Å². The summed E-state index contributed by atoms with van der Waals surface area (Å²) in [6.07, 6.45) is 1.64. The van der Waals surface area contributed by atoms with E-state index in [1.807, 2.05) is 49.6 Å². The van der Waals surface area contributed by atoms with E-state index >= 15 is 0 Å². The lowest BCUT2D eigenvalue weighted by atomic mass is 10.2. The van der Waals surface area contributed by atoms with Crippen LogP contribution in [0.2, 0.25) is 5.02 Å². The normalized spacial score (nSPS) is 12.6. The van der Waals surface area contributed by atoms with Crippen molar-refractivity contribution >= 4 is 44.9 Å². The Labute approximate surface area is 168 Å². The van der Waals surface area contributed by atoms with Gasteiger partial charge >= 0.3 is 0 Å². The lowest BCUT2D eigenvalue weighted by Gasteiger charge is -2.11. The number of rotatable bonds is 4. The summed E-state index contributed by atoms with van der Waals surface area (Å²) < 4.78 is 1.86. The molecule has 4 aromatic rings. The topological polar surface area (TPSA) is 76.5 Å². The average Bonchev–Trinajstić information content (AvgIpc) is 3.19. The first-order chi connectivity index (χ1) is 12.9. The number of thioether (sulfide) groups is 1. The number of hydrogen-bond acceptors (Lipinski definition) is 6. The van der Waals surface area contributed by atoms with Crippen molar-refractivity contribution in [3.05, 3.63) is 62.2 Å². The van der Waals surface area contributed by atoms with Gasteiger partial charge in [-0.25, -0.2) is 4.98 Å². The molecule has 0 aliphatic carbocycles. The monoisotopic (exact) mass is 417 g/mol. The maximum absolute atomic E-state index is 12.5. The minimum atomic E-state index is -0.105. The number of nitrogens with zero attached hydrogens (tertiary/aromatic N) is 4. The molecule has 1 N–H and O–H groups in total. The van der Waals surface area contributed by atoms with Gasteiger partial charge in [-0.1, -0.05) is 29.4 Å². The van der Waals surface area contributed by atoms with Gasteiger partial charge in [0.1, 0.15) is 17.0 Å². The van der Waals surface area contributed by atoms with Gasteiger partial charge in [-0.3, -0.25) is 9.36 Å². The van der Waals surface area contributed by atoms with E-state index in [1.165, 1.54) is 11.8 Å². The van der Waals surface area contributed by atoms with Crippen molar-refractivity contribution < 1.29 is 0 Å². The number of H-pyrrole nitrogens is 1. The van der Waals surface area contributed by atoms with E-state index in [0.717, 1.165) is 21.0 Å². The fraction of sp³-hybridized carbons (Fsp3) is 0.222. The number of halogens is 1. The van der Waals surface area contributed by atoms with Crippen LogP contribution >= 0.6 is 34.7 Å². The van der Waals surface area contributed by atoms with E-state index in [-0.39, 0.29) is 10.8 Å². The Morgan fingerprint density at radius 2 is 2.15 bits per heavy atom. The number of nitrogens with one attached hydrogen (secondary N) is 1. The van der Waals surface area contributed by atoms with Gasteiger partial charge in [0.25, 0.3) is 5.56 Å². The number of aromatic amines is 1. The number of thiophene rings is 1. The molecule has 1 atom stereocenters. The van der Waals surface area contributed by atoms with Crippen LogP contribution in [0.3, 0.4) is 0 Å². The van der Waals surface area contributed by atoms with Crippen molar-refractivity contribution in [2.24, 2.45) is 0 Å². The molecule has 0 aliphatic heterocycles. The molecule has 0 radical (unpaired) electrons. The Morgan fingerprint density at radius 1 is 1.33 bits per heavy atom. The summed E-state index contributed by atoms with van der Waals surface area (Å²) >= 11 is 9.12. The Hall–Kier alpha value is -2.16. The zero-order chi connectivity index (χ0) is 19.1.